The molecule has 0 N–H and O–H groups in total. The number of hydrogen-bond donors (Lipinski definition) is 0. The van der Waals surface area contributed by atoms with Crippen LogP contribution in [0.4, 0.5) is 10.1 Å². The first-order chi connectivity index (χ1) is 13.0. The Morgan fingerprint density at radius 1 is 1.22 bits per heavy atom. The van der Waals surface area contributed by atoms with Crippen LogP contribution in [0.5, 0.6) is 5.75 Å². The molecule has 1 saturated heterocycles. The van der Waals surface area contributed by atoms with E-state index in [1.165, 1.54) is 24.1 Å². The molecule has 0 spiro atoms. The monoisotopic (exact) mass is 367 g/mol. The molecule has 1 fully saturated rings. The molecule has 6 nitrogen and oxygen atoms in total. The average molecular weight is 367 g/mol. The lowest BCUT2D eigenvalue weighted by molar-refractivity contribution is -0.117. The van der Waals surface area contributed by atoms with Crippen LogP contribution in [0.25, 0.3) is 11.4 Å². The lowest BCUT2D eigenvalue weighted by Crippen LogP contribution is -2.24. The first-order valence-corrected chi connectivity index (χ1v) is 8.59. The number of amides is 1. The van der Waals surface area contributed by atoms with Gasteiger partial charge in [-0.2, -0.15) is 4.98 Å². The maximum Gasteiger partial charge on any atom is 0.232 e. The number of carbonyl (C=O) groups excluding carboxylic acids is 1. The lowest BCUT2D eigenvalue weighted by atomic mass is 10.1. The number of aromatic nitrogens is 2. The Labute approximate surface area is 155 Å². The summed E-state index contributed by atoms with van der Waals surface area (Å²) in [5, 5.41) is 4.03. The molecule has 0 aliphatic carbocycles. The number of hydrogen-bond acceptors (Lipinski definition) is 5. The minimum atomic E-state index is -0.509. The Morgan fingerprint density at radius 3 is 2.70 bits per heavy atom. The highest BCUT2D eigenvalue weighted by molar-refractivity contribution is 5.96. The van der Waals surface area contributed by atoms with Crippen molar-refractivity contribution in [2.24, 2.45) is 0 Å². The van der Waals surface area contributed by atoms with Gasteiger partial charge in [0, 0.05) is 30.3 Å². The summed E-state index contributed by atoms with van der Waals surface area (Å²) >= 11 is 0. The average Bonchev–Trinajstić information content (AvgIpc) is 3.29. The zero-order valence-electron chi connectivity index (χ0n) is 15.0. The summed E-state index contributed by atoms with van der Waals surface area (Å²) in [6, 6.07) is 12.3. The van der Waals surface area contributed by atoms with Crippen molar-refractivity contribution < 1.29 is 18.4 Å². The van der Waals surface area contributed by atoms with Crippen molar-refractivity contribution in [3.05, 3.63) is 59.7 Å². The molecule has 7 heteroatoms. The van der Waals surface area contributed by atoms with Crippen LogP contribution in [-0.2, 0) is 4.79 Å². The first kappa shape index (κ1) is 17.2. The van der Waals surface area contributed by atoms with E-state index in [2.05, 4.69) is 10.1 Å². The van der Waals surface area contributed by atoms with Gasteiger partial charge in [-0.3, -0.25) is 4.79 Å². The van der Waals surface area contributed by atoms with Gasteiger partial charge in [0.05, 0.1) is 13.0 Å². The van der Waals surface area contributed by atoms with Crippen molar-refractivity contribution in [3.8, 4) is 17.1 Å². The third-order valence-electron chi connectivity index (χ3n) is 4.67. The van der Waals surface area contributed by atoms with Gasteiger partial charge in [0.1, 0.15) is 0 Å². The fourth-order valence-electron chi connectivity index (χ4n) is 3.17. The van der Waals surface area contributed by atoms with Crippen LogP contribution in [-0.4, -0.2) is 29.7 Å². The number of nitrogens with zero attached hydrogens (tertiary/aromatic N) is 3. The van der Waals surface area contributed by atoms with E-state index in [0.717, 1.165) is 11.1 Å². The Hall–Kier alpha value is -3.22. The van der Waals surface area contributed by atoms with Crippen LogP contribution in [0.3, 0.4) is 0 Å². The predicted octanol–water partition coefficient (Wildman–Crippen LogP) is 3.71. The van der Waals surface area contributed by atoms with Gasteiger partial charge in [-0.05, 0) is 19.1 Å². The molecule has 0 bridgehead atoms. The summed E-state index contributed by atoms with van der Waals surface area (Å²) < 4.78 is 24.3. The molecule has 0 saturated carbocycles. The van der Waals surface area contributed by atoms with Crippen molar-refractivity contribution in [2.45, 2.75) is 19.3 Å². The van der Waals surface area contributed by atoms with Gasteiger partial charge in [-0.15, -0.1) is 0 Å². The smallest absolute Gasteiger partial charge is 0.232 e. The molecule has 3 aromatic rings. The van der Waals surface area contributed by atoms with Crippen molar-refractivity contribution in [3.63, 3.8) is 0 Å². The van der Waals surface area contributed by atoms with Gasteiger partial charge >= 0.3 is 0 Å². The highest BCUT2D eigenvalue weighted by Crippen LogP contribution is 2.33. The van der Waals surface area contributed by atoms with E-state index in [9.17, 15) is 9.18 Å². The van der Waals surface area contributed by atoms with E-state index >= 15 is 0 Å². The van der Waals surface area contributed by atoms with Crippen LogP contribution < -0.4 is 9.64 Å². The maximum absolute atomic E-state index is 14.0. The van der Waals surface area contributed by atoms with Gasteiger partial charge in [-0.25, -0.2) is 4.39 Å². The molecule has 2 aromatic carbocycles. The lowest BCUT2D eigenvalue weighted by Gasteiger charge is -2.16. The van der Waals surface area contributed by atoms with Crippen LogP contribution in [0.2, 0.25) is 0 Å². The summed E-state index contributed by atoms with van der Waals surface area (Å²) in [5.74, 6) is 0.197. The van der Waals surface area contributed by atoms with Gasteiger partial charge in [-0.1, -0.05) is 35.0 Å². The van der Waals surface area contributed by atoms with E-state index in [1.54, 1.807) is 6.07 Å². The second-order valence-electron chi connectivity index (χ2n) is 6.55. The molecule has 1 aliphatic heterocycles. The summed E-state index contributed by atoms with van der Waals surface area (Å²) in [5.41, 5.74) is 2.49. The zero-order chi connectivity index (χ0) is 19.0. The number of benzene rings is 2. The van der Waals surface area contributed by atoms with Crippen molar-refractivity contribution >= 4 is 11.6 Å². The van der Waals surface area contributed by atoms with E-state index in [0.29, 0.717) is 23.9 Å². The largest absolute Gasteiger partial charge is 0.494 e. The van der Waals surface area contributed by atoms with E-state index in [-0.39, 0.29) is 24.0 Å². The van der Waals surface area contributed by atoms with Crippen LogP contribution >= 0.6 is 0 Å². The third-order valence-corrected chi connectivity index (χ3v) is 4.67. The number of carbonyl (C=O) groups is 1. The van der Waals surface area contributed by atoms with Crippen LogP contribution in [0, 0.1) is 12.7 Å². The molecule has 1 aliphatic rings. The molecule has 2 heterocycles. The van der Waals surface area contributed by atoms with Gasteiger partial charge in [0.2, 0.25) is 17.6 Å². The summed E-state index contributed by atoms with van der Waals surface area (Å²) in [6.45, 7) is 2.37. The molecular formula is C20H18FN3O3. The quantitative estimate of drug-likeness (QED) is 0.703. The van der Waals surface area contributed by atoms with Crippen molar-refractivity contribution in [1.82, 2.24) is 10.1 Å². The van der Waals surface area contributed by atoms with Crippen LogP contribution in [0.15, 0.2) is 47.0 Å². The molecule has 0 radical (unpaired) electrons. The van der Waals surface area contributed by atoms with Gasteiger partial charge < -0.3 is 14.2 Å². The molecule has 27 heavy (non-hydrogen) atoms. The number of anilines is 1. The minimum absolute atomic E-state index is 0.111. The molecule has 1 atom stereocenters. The Bertz CT molecular complexity index is 984. The van der Waals surface area contributed by atoms with E-state index in [4.69, 9.17) is 9.26 Å². The molecule has 1 unspecified atom stereocenters. The normalized spacial score (nSPS) is 16.8. The standard InChI is InChI=1S/C20H18FN3O3/c1-12-3-5-13(6-4-12)19-22-20(27-23-19)14-9-18(25)24(11-14)15-7-8-17(26-2)16(21)10-15/h3-8,10,14H,9,11H2,1-2H3. The fourth-order valence-corrected chi connectivity index (χ4v) is 3.17. The molecule has 4 rings (SSSR count). The topological polar surface area (TPSA) is 68.5 Å². The molecular weight excluding hydrogens is 349 g/mol. The number of aryl methyl sites for hydroxylation is 1. The zero-order valence-corrected chi connectivity index (χ0v) is 15.0. The highest BCUT2D eigenvalue weighted by atomic mass is 19.1. The Morgan fingerprint density at radius 2 is 2.00 bits per heavy atom. The number of ether oxygens (including phenoxy) is 1. The SMILES string of the molecule is COc1ccc(N2CC(c3nc(-c4ccc(C)cc4)no3)CC2=O)cc1F. The Balaban J connectivity index is 1.54. The first-order valence-electron chi connectivity index (χ1n) is 8.59. The number of halogens is 1. The summed E-state index contributed by atoms with van der Waals surface area (Å²) in [7, 11) is 1.40. The van der Waals surface area contributed by atoms with Crippen molar-refractivity contribution in [1.29, 1.82) is 0 Å². The third kappa shape index (κ3) is 3.28. The van der Waals surface area contributed by atoms with Gasteiger partial charge in [0.25, 0.3) is 0 Å². The molecule has 1 amide bonds. The number of rotatable bonds is 4. The predicted molar refractivity (Wildman–Crippen MR) is 97.1 cm³/mol. The highest BCUT2D eigenvalue weighted by Gasteiger charge is 2.35. The molecule has 138 valence electrons. The second kappa shape index (κ2) is 6.83. The Kier molecular flexibility index (Phi) is 4.35. The molecule has 1 aromatic heterocycles. The number of methoxy groups -OCH3 is 1. The summed E-state index contributed by atoms with van der Waals surface area (Å²) in [6.07, 6.45) is 0.239. The van der Waals surface area contributed by atoms with E-state index in [1.807, 2.05) is 31.2 Å². The van der Waals surface area contributed by atoms with E-state index < -0.39 is 5.82 Å². The summed E-state index contributed by atoms with van der Waals surface area (Å²) in [4.78, 5) is 18.4. The van der Waals surface area contributed by atoms with Crippen LogP contribution in [0.1, 0.15) is 23.8 Å². The fraction of sp³-hybridized carbons (Fsp3) is 0.250. The van der Waals surface area contributed by atoms with Gasteiger partial charge in [0.15, 0.2) is 11.6 Å². The maximum atomic E-state index is 14.0. The van der Waals surface area contributed by atoms with Crippen molar-refractivity contribution in [2.75, 3.05) is 18.6 Å². The second-order valence-corrected chi connectivity index (χ2v) is 6.55. The minimum Gasteiger partial charge on any atom is -0.494 e.